The molecular formula is C24H26N2O5. The van der Waals surface area contributed by atoms with Crippen molar-refractivity contribution in [2.45, 2.75) is 33.1 Å². The number of anilines is 2. The predicted octanol–water partition coefficient (Wildman–Crippen LogP) is 3.51. The van der Waals surface area contributed by atoms with Crippen LogP contribution < -0.4 is 10.2 Å². The van der Waals surface area contributed by atoms with E-state index in [0.717, 1.165) is 17.7 Å². The second-order valence-electron chi connectivity index (χ2n) is 7.65. The van der Waals surface area contributed by atoms with Crippen molar-refractivity contribution in [1.82, 2.24) is 0 Å². The molecule has 1 aliphatic heterocycles. The quantitative estimate of drug-likeness (QED) is 0.519. The van der Waals surface area contributed by atoms with Crippen molar-refractivity contribution in [3.05, 3.63) is 59.7 Å². The standard InChI is InChI=1S/C24H26N2O5/c1-3-4-22(28)25-19-9-7-17(8-10-19)21(27)15-31-24(30)18-13-23(29)26(14-18)20-11-5-16(2)6-12-20/h5-12,18H,3-4,13-15H2,1-2H3,(H,25,28)/t18-/m0/s1. The molecule has 0 unspecified atom stereocenters. The van der Waals surface area contributed by atoms with Gasteiger partial charge in [-0.15, -0.1) is 0 Å². The number of esters is 1. The average Bonchev–Trinajstić information content (AvgIpc) is 3.14. The Labute approximate surface area is 181 Å². The van der Waals surface area contributed by atoms with Crippen LogP contribution in [0.1, 0.15) is 42.1 Å². The normalized spacial score (nSPS) is 15.6. The Bertz CT molecular complexity index is 966. The molecule has 1 N–H and O–H groups in total. The zero-order valence-electron chi connectivity index (χ0n) is 17.7. The Balaban J connectivity index is 1.51. The fourth-order valence-electron chi connectivity index (χ4n) is 3.37. The van der Waals surface area contributed by atoms with E-state index in [4.69, 9.17) is 4.74 Å². The van der Waals surface area contributed by atoms with Crippen LogP contribution in [0, 0.1) is 12.8 Å². The first-order valence-corrected chi connectivity index (χ1v) is 10.3. The van der Waals surface area contributed by atoms with Crippen molar-refractivity contribution < 1.29 is 23.9 Å². The van der Waals surface area contributed by atoms with Crippen molar-refractivity contribution >= 4 is 34.9 Å². The monoisotopic (exact) mass is 422 g/mol. The lowest BCUT2D eigenvalue weighted by Crippen LogP contribution is -2.27. The minimum atomic E-state index is -0.599. The van der Waals surface area contributed by atoms with Gasteiger partial charge in [-0.2, -0.15) is 0 Å². The van der Waals surface area contributed by atoms with E-state index >= 15 is 0 Å². The number of nitrogens with one attached hydrogen (secondary N) is 1. The van der Waals surface area contributed by atoms with Crippen molar-refractivity contribution in [3.8, 4) is 0 Å². The number of hydrogen-bond acceptors (Lipinski definition) is 5. The fraction of sp³-hybridized carbons (Fsp3) is 0.333. The topological polar surface area (TPSA) is 92.8 Å². The van der Waals surface area contributed by atoms with E-state index in [9.17, 15) is 19.2 Å². The second kappa shape index (κ2) is 10.0. The highest BCUT2D eigenvalue weighted by molar-refractivity contribution is 6.01. The Morgan fingerprint density at radius 1 is 1.06 bits per heavy atom. The number of benzene rings is 2. The number of rotatable bonds is 8. The number of ether oxygens (including phenoxy) is 1. The average molecular weight is 422 g/mol. The number of nitrogens with zero attached hydrogens (tertiary/aromatic N) is 1. The van der Waals surface area contributed by atoms with Crippen LogP contribution in [0.5, 0.6) is 0 Å². The van der Waals surface area contributed by atoms with Crippen molar-refractivity contribution in [2.75, 3.05) is 23.4 Å². The molecule has 1 aliphatic rings. The van der Waals surface area contributed by atoms with Gasteiger partial charge in [-0.3, -0.25) is 19.2 Å². The molecule has 2 aromatic rings. The van der Waals surface area contributed by atoms with Crippen LogP contribution in [0.2, 0.25) is 0 Å². The molecule has 1 heterocycles. The Hall–Kier alpha value is -3.48. The molecule has 1 saturated heterocycles. The van der Waals surface area contributed by atoms with Gasteiger partial charge in [-0.05, 0) is 49.7 Å². The molecule has 0 aliphatic carbocycles. The maximum Gasteiger partial charge on any atom is 0.311 e. The van der Waals surface area contributed by atoms with Gasteiger partial charge in [0.15, 0.2) is 12.4 Å². The number of carbonyl (C=O) groups excluding carboxylic acids is 4. The lowest BCUT2D eigenvalue weighted by molar-refractivity contribution is -0.147. The Morgan fingerprint density at radius 3 is 2.39 bits per heavy atom. The van der Waals surface area contributed by atoms with Crippen molar-refractivity contribution in [3.63, 3.8) is 0 Å². The van der Waals surface area contributed by atoms with Gasteiger partial charge in [0.1, 0.15) is 0 Å². The minimum absolute atomic E-state index is 0.0626. The molecule has 1 atom stereocenters. The SMILES string of the molecule is CCCC(=O)Nc1ccc(C(=O)COC(=O)[C@H]2CC(=O)N(c3ccc(C)cc3)C2)cc1. The van der Waals surface area contributed by atoms with Crippen molar-refractivity contribution in [2.24, 2.45) is 5.92 Å². The van der Waals surface area contributed by atoms with E-state index in [1.807, 2.05) is 38.1 Å². The third kappa shape index (κ3) is 5.78. The zero-order chi connectivity index (χ0) is 22.4. The maximum atomic E-state index is 12.4. The van der Waals surface area contributed by atoms with Crippen LogP contribution in [0.15, 0.2) is 48.5 Å². The predicted molar refractivity (Wildman–Crippen MR) is 117 cm³/mol. The summed E-state index contributed by atoms with van der Waals surface area (Å²) < 4.78 is 5.18. The highest BCUT2D eigenvalue weighted by Gasteiger charge is 2.36. The van der Waals surface area contributed by atoms with E-state index in [-0.39, 0.29) is 30.6 Å². The summed E-state index contributed by atoms with van der Waals surface area (Å²) in [5.41, 5.74) is 2.81. The highest BCUT2D eigenvalue weighted by atomic mass is 16.5. The van der Waals surface area contributed by atoms with Crippen LogP contribution in [0.4, 0.5) is 11.4 Å². The summed E-state index contributed by atoms with van der Waals surface area (Å²) in [5.74, 6) is -1.73. The summed E-state index contributed by atoms with van der Waals surface area (Å²) in [6.07, 6.45) is 1.25. The van der Waals surface area contributed by atoms with Gasteiger partial charge in [0, 0.05) is 36.3 Å². The molecule has 31 heavy (non-hydrogen) atoms. The summed E-state index contributed by atoms with van der Waals surface area (Å²) in [5, 5.41) is 2.75. The molecule has 0 spiro atoms. The molecule has 2 amide bonds. The molecule has 7 heteroatoms. The van der Waals surface area contributed by atoms with Gasteiger partial charge in [-0.25, -0.2) is 0 Å². The first kappa shape index (κ1) is 22.2. The number of ketones is 1. The maximum absolute atomic E-state index is 12.4. The first-order valence-electron chi connectivity index (χ1n) is 10.3. The van der Waals surface area contributed by atoms with Gasteiger partial charge in [0.05, 0.1) is 5.92 Å². The van der Waals surface area contributed by atoms with Gasteiger partial charge in [0.25, 0.3) is 0 Å². The largest absolute Gasteiger partial charge is 0.457 e. The van der Waals surface area contributed by atoms with Crippen LogP contribution in [-0.4, -0.2) is 36.7 Å². The molecule has 2 aromatic carbocycles. The van der Waals surface area contributed by atoms with E-state index in [2.05, 4.69) is 5.32 Å². The van der Waals surface area contributed by atoms with Crippen LogP contribution >= 0.6 is 0 Å². The third-order valence-electron chi connectivity index (χ3n) is 5.12. The Kier molecular flexibility index (Phi) is 7.18. The molecular weight excluding hydrogens is 396 g/mol. The third-order valence-corrected chi connectivity index (χ3v) is 5.12. The van der Waals surface area contributed by atoms with Gasteiger partial charge in [-0.1, -0.05) is 24.6 Å². The molecule has 0 radical (unpaired) electrons. The summed E-state index contributed by atoms with van der Waals surface area (Å²) in [6, 6.07) is 13.9. The number of hydrogen-bond donors (Lipinski definition) is 1. The first-order chi connectivity index (χ1) is 14.9. The molecule has 3 rings (SSSR count). The van der Waals surface area contributed by atoms with Gasteiger partial charge in [0.2, 0.25) is 11.8 Å². The number of Topliss-reactive ketones (excluding diaryl/α,β-unsaturated/α-hetero) is 1. The number of amides is 2. The molecule has 0 bridgehead atoms. The minimum Gasteiger partial charge on any atom is -0.457 e. The van der Waals surface area contributed by atoms with Crippen LogP contribution in [0.25, 0.3) is 0 Å². The van der Waals surface area contributed by atoms with Crippen LogP contribution in [0.3, 0.4) is 0 Å². The number of aryl methyl sites for hydroxylation is 1. The lowest BCUT2D eigenvalue weighted by atomic mass is 10.1. The van der Waals surface area contributed by atoms with Crippen molar-refractivity contribution in [1.29, 1.82) is 0 Å². The smallest absolute Gasteiger partial charge is 0.311 e. The second-order valence-corrected chi connectivity index (χ2v) is 7.65. The zero-order valence-corrected chi connectivity index (χ0v) is 17.7. The Morgan fingerprint density at radius 2 is 1.74 bits per heavy atom. The van der Waals surface area contributed by atoms with E-state index < -0.39 is 18.5 Å². The summed E-state index contributed by atoms with van der Waals surface area (Å²) in [4.78, 5) is 50.2. The molecule has 1 fully saturated rings. The fourth-order valence-corrected chi connectivity index (χ4v) is 3.37. The van der Waals surface area contributed by atoms with E-state index in [0.29, 0.717) is 17.7 Å². The molecule has 0 saturated carbocycles. The number of carbonyl (C=O) groups is 4. The highest BCUT2D eigenvalue weighted by Crippen LogP contribution is 2.26. The molecule has 162 valence electrons. The summed E-state index contributed by atoms with van der Waals surface area (Å²) in [7, 11) is 0. The van der Waals surface area contributed by atoms with Gasteiger partial charge < -0.3 is 15.0 Å². The van der Waals surface area contributed by atoms with E-state index in [1.165, 1.54) is 0 Å². The molecule has 0 aromatic heterocycles. The molecule has 7 nitrogen and oxygen atoms in total. The van der Waals surface area contributed by atoms with Gasteiger partial charge >= 0.3 is 5.97 Å². The van der Waals surface area contributed by atoms with E-state index in [1.54, 1.807) is 29.2 Å². The lowest BCUT2D eigenvalue weighted by Gasteiger charge is -2.16. The summed E-state index contributed by atoms with van der Waals surface area (Å²) >= 11 is 0. The summed E-state index contributed by atoms with van der Waals surface area (Å²) in [6.45, 7) is 3.73. The van der Waals surface area contributed by atoms with Crippen LogP contribution in [-0.2, 0) is 19.1 Å².